The summed E-state index contributed by atoms with van der Waals surface area (Å²) in [5.74, 6) is -1.52. The maximum Gasteiger partial charge on any atom is 0.313 e. The van der Waals surface area contributed by atoms with Gasteiger partial charge in [-0.25, -0.2) is 0 Å². The van der Waals surface area contributed by atoms with Crippen molar-refractivity contribution in [2.75, 3.05) is 18.1 Å². The van der Waals surface area contributed by atoms with Gasteiger partial charge in [0.25, 0.3) is 0 Å². The molecule has 0 aliphatic rings. The summed E-state index contributed by atoms with van der Waals surface area (Å²) in [7, 11) is 0. The maximum absolute atomic E-state index is 11.9. The third-order valence-corrected chi connectivity index (χ3v) is 4.44. The lowest BCUT2D eigenvalue weighted by atomic mass is 10.2. The van der Waals surface area contributed by atoms with Crippen LogP contribution in [0.25, 0.3) is 0 Å². The SMILES string of the molecule is CSc1ccccc1NC(=O)C(=O)NCC(O)c1ccsc1. The number of hydrogen-bond acceptors (Lipinski definition) is 5. The van der Waals surface area contributed by atoms with Gasteiger partial charge in [-0.3, -0.25) is 9.59 Å². The minimum atomic E-state index is -0.818. The molecular formula is C15H16N2O3S2. The Labute approximate surface area is 136 Å². The molecule has 3 N–H and O–H groups in total. The predicted octanol–water partition coefficient (Wildman–Crippen LogP) is 2.26. The number of para-hydroxylation sites is 1. The van der Waals surface area contributed by atoms with Crippen LogP contribution in [0.2, 0.25) is 0 Å². The summed E-state index contributed by atoms with van der Waals surface area (Å²) in [5, 5.41) is 18.5. The molecule has 0 aliphatic carbocycles. The highest BCUT2D eigenvalue weighted by Gasteiger charge is 2.17. The summed E-state index contributed by atoms with van der Waals surface area (Å²) in [6, 6.07) is 9.01. The van der Waals surface area contributed by atoms with Crippen molar-refractivity contribution in [2.24, 2.45) is 0 Å². The normalized spacial score (nSPS) is 11.7. The van der Waals surface area contributed by atoms with E-state index in [4.69, 9.17) is 0 Å². The fourth-order valence-electron chi connectivity index (χ4n) is 1.78. The van der Waals surface area contributed by atoms with E-state index in [1.54, 1.807) is 23.6 Å². The second kappa shape index (κ2) is 7.98. The number of amides is 2. The molecule has 5 nitrogen and oxygen atoms in total. The lowest BCUT2D eigenvalue weighted by Crippen LogP contribution is -2.37. The zero-order chi connectivity index (χ0) is 15.9. The predicted molar refractivity (Wildman–Crippen MR) is 89.1 cm³/mol. The number of aliphatic hydroxyl groups is 1. The molecule has 0 saturated heterocycles. The van der Waals surface area contributed by atoms with Crippen molar-refractivity contribution in [1.82, 2.24) is 5.32 Å². The number of aliphatic hydroxyl groups excluding tert-OH is 1. The van der Waals surface area contributed by atoms with Crippen molar-refractivity contribution < 1.29 is 14.7 Å². The van der Waals surface area contributed by atoms with Crippen molar-refractivity contribution in [3.05, 3.63) is 46.7 Å². The first-order valence-electron chi connectivity index (χ1n) is 6.54. The summed E-state index contributed by atoms with van der Waals surface area (Å²) in [5.41, 5.74) is 1.31. The van der Waals surface area contributed by atoms with E-state index >= 15 is 0 Å². The zero-order valence-corrected chi connectivity index (χ0v) is 13.5. The van der Waals surface area contributed by atoms with Gasteiger partial charge in [0.15, 0.2) is 0 Å². The summed E-state index contributed by atoms with van der Waals surface area (Å²) in [6.45, 7) is -0.00678. The van der Waals surface area contributed by atoms with E-state index in [0.717, 1.165) is 10.5 Å². The molecule has 0 bridgehead atoms. The van der Waals surface area contributed by atoms with Crippen LogP contribution in [0.1, 0.15) is 11.7 Å². The maximum atomic E-state index is 11.9. The van der Waals surface area contributed by atoms with Gasteiger partial charge in [-0.05, 0) is 40.8 Å². The molecule has 2 rings (SSSR count). The Bertz CT molecular complexity index is 644. The molecule has 0 spiro atoms. The van der Waals surface area contributed by atoms with Crippen LogP contribution in [-0.4, -0.2) is 29.7 Å². The van der Waals surface area contributed by atoms with Crippen LogP contribution >= 0.6 is 23.1 Å². The molecule has 1 aromatic carbocycles. The smallest absolute Gasteiger partial charge is 0.313 e. The van der Waals surface area contributed by atoms with Crippen molar-refractivity contribution >= 4 is 40.6 Å². The molecule has 1 atom stereocenters. The molecule has 7 heteroatoms. The van der Waals surface area contributed by atoms with Gasteiger partial charge in [0.2, 0.25) is 0 Å². The largest absolute Gasteiger partial charge is 0.387 e. The van der Waals surface area contributed by atoms with Crippen LogP contribution in [0, 0.1) is 0 Å². The molecule has 116 valence electrons. The fraction of sp³-hybridized carbons (Fsp3) is 0.200. The van der Waals surface area contributed by atoms with E-state index in [1.165, 1.54) is 23.1 Å². The van der Waals surface area contributed by atoms with Gasteiger partial charge in [0.1, 0.15) is 0 Å². The average molecular weight is 336 g/mol. The van der Waals surface area contributed by atoms with Crippen LogP contribution < -0.4 is 10.6 Å². The number of benzene rings is 1. The van der Waals surface area contributed by atoms with Crippen molar-refractivity contribution in [3.8, 4) is 0 Å². The van der Waals surface area contributed by atoms with Gasteiger partial charge >= 0.3 is 11.8 Å². The molecule has 2 amide bonds. The van der Waals surface area contributed by atoms with Gasteiger partial charge in [0, 0.05) is 11.4 Å². The van der Waals surface area contributed by atoms with Gasteiger partial charge in [-0.15, -0.1) is 11.8 Å². The van der Waals surface area contributed by atoms with Crippen LogP contribution in [0.3, 0.4) is 0 Å². The van der Waals surface area contributed by atoms with Crippen LogP contribution in [0.5, 0.6) is 0 Å². The molecule has 0 saturated carbocycles. The Kier molecular flexibility index (Phi) is 6.00. The van der Waals surface area contributed by atoms with Gasteiger partial charge in [0.05, 0.1) is 11.8 Å². The van der Waals surface area contributed by atoms with Crippen molar-refractivity contribution in [3.63, 3.8) is 0 Å². The minimum Gasteiger partial charge on any atom is -0.387 e. The third-order valence-electron chi connectivity index (χ3n) is 2.95. The molecule has 1 aromatic heterocycles. The highest BCUT2D eigenvalue weighted by molar-refractivity contribution is 7.98. The van der Waals surface area contributed by atoms with E-state index in [2.05, 4.69) is 10.6 Å². The molecule has 22 heavy (non-hydrogen) atoms. The molecule has 1 unspecified atom stereocenters. The van der Waals surface area contributed by atoms with E-state index in [9.17, 15) is 14.7 Å². The number of hydrogen-bond donors (Lipinski definition) is 3. The van der Waals surface area contributed by atoms with Gasteiger partial charge < -0.3 is 15.7 Å². The monoisotopic (exact) mass is 336 g/mol. The summed E-state index contributed by atoms with van der Waals surface area (Å²) in [4.78, 5) is 24.5. The highest BCUT2D eigenvalue weighted by Crippen LogP contribution is 2.24. The lowest BCUT2D eigenvalue weighted by Gasteiger charge is -2.11. The lowest BCUT2D eigenvalue weighted by molar-refractivity contribution is -0.136. The molecular weight excluding hydrogens is 320 g/mol. The van der Waals surface area contributed by atoms with E-state index in [0.29, 0.717) is 5.69 Å². The number of nitrogens with one attached hydrogen (secondary N) is 2. The first-order valence-corrected chi connectivity index (χ1v) is 8.71. The fourth-order valence-corrected chi connectivity index (χ4v) is 3.04. The zero-order valence-electron chi connectivity index (χ0n) is 11.9. The molecule has 1 heterocycles. The molecule has 0 radical (unpaired) electrons. The number of anilines is 1. The highest BCUT2D eigenvalue weighted by atomic mass is 32.2. The van der Waals surface area contributed by atoms with Crippen LogP contribution in [-0.2, 0) is 9.59 Å². The van der Waals surface area contributed by atoms with E-state index in [1.807, 2.05) is 23.8 Å². The topological polar surface area (TPSA) is 78.4 Å². The second-order valence-corrected chi connectivity index (χ2v) is 6.07. The molecule has 0 fully saturated rings. The number of rotatable bonds is 5. The Balaban J connectivity index is 1.88. The molecule has 2 aromatic rings. The Morgan fingerprint density at radius 3 is 2.73 bits per heavy atom. The Hall–Kier alpha value is -1.83. The third kappa shape index (κ3) is 4.33. The number of carbonyl (C=O) groups is 2. The van der Waals surface area contributed by atoms with Gasteiger partial charge in [-0.1, -0.05) is 12.1 Å². The number of thioether (sulfide) groups is 1. The Morgan fingerprint density at radius 1 is 1.27 bits per heavy atom. The van der Waals surface area contributed by atoms with E-state index in [-0.39, 0.29) is 6.54 Å². The summed E-state index contributed by atoms with van der Waals surface area (Å²) < 4.78 is 0. The second-order valence-electron chi connectivity index (χ2n) is 4.44. The van der Waals surface area contributed by atoms with Crippen molar-refractivity contribution in [2.45, 2.75) is 11.0 Å². The summed E-state index contributed by atoms with van der Waals surface area (Å²) in [6.07, 6.45) is 1.07. The first-order chi connectivity index (χ1) is 10.6. The minimum absolute atomic E-state index is 0.00678. The van der Waals surface area contributed by atoms with Crippen LogP contribution in [0.4, 0.5) is 5.69 Å². The first kappa shape index (κ1) is 16.5. The standard InChI is InChI=1S/C15H16N2O3S2/c1-21-13-5-3-2-4-11(13)17-15(20)14(19)16-8-12(18)10-6-7-22-9-10/h2-7,9,12,18H,8H2,1H3,(H,16,19)(H,17,20). The quantitative estimate of drug-likeness (QED) is 0.578. The average Bonchev–Trinajstić information content (AvgIpc) is 3.07. The molecule has 0 aliphatic heterocycles. The van der Waals surface area contributed by atoms with Crippen LogP contribution in [0.15, 0.2) is 46.0 Å². The summed E-state index contributed by atoms with van der Waals surface area (Å²) >= 11 is 2.94. The van der Waals surface area contributed by atoms with Gasteiger partial charge in [-0.2, -0.15) is 11.3 Å². The van der Waals surface area contributed by atoms with Crippen molar-refractivity contribution in [1.29, 1.82) is 0 Å². The number of carbonyl (C=O) groups excluding carboxylic acids is 2. The Morgan fingerprint density at radius 2 is 2.05 bits per heavy atom. The van der Waals surface area contributed by atoms with E-state index < -0.39 is 17.9 Å². The number of thiophene rings is 1.